The molecule has 1 heterocycles. The Morgan fingerprint density at radius 2 is 1.79 bits per heavy atom. The largest absolute Gasteiger partial charge is 0.468 e. The molecule has 1 N–H and O–H groups in total. The van der Waals surface area contributed by atoms with Crippen LogP contribution in [0.1, 0.15) is 32.8 Å². The molecule has 1 aromatic carbocycles. The Balaban J connectivity index is 2.14. The number of rotatable bonds is 10. The number of amides is 1. The van der Waals surface area contributed by atoms with E-state index in [9.17, 15) is 14.0 Å². The van der Waals surface area contributed by atoms with Crippen molar-refractivity contribution in [2.24, 2.45) is 0 Å². The van der Waals surface area contributed by atoms with Crippen molar-refractivity contribution < 1.29 is 23.5 Å². The van der Waals surface area contributed by atoms with E-state index in [1.165, 1.54) is 19.2 Å². The number of nitrogens with one attached hydrogen (secondary N) is 1. The highest BCUT2D eigenvalue weighted by atomic mass is 19.1. The maximum absolute atomic E-state index is 13.4. The maximum Gasteiger partial charge on any atom is 0.410 e. The topological polar surface area (TPSA) is 74.3 Å². The van der Waals surface area contributed by atoms with E-state index in [1.807, 2.05) is 20.8 Å². The van der Waals surface area contributed by atoms with Gasteiger partial charge in [0.05, 0.1) is 13.7 Å². The predicted octanol–water partition coefficient (Wildman–Crippen LogP) is 2.33. The quantitative estimate of drug-likeness (QED) is 0.419. The van der Waals surface area contributed by atoms with Crippen LogP contribution >= 0.6 is 0 Å². The molecule has 1 atom stereocenters. The van der Waals surface area contributed by atoms with Crippen LogP contribution in [-0.4, -0.2) is 98.4 Å². The van der Waals surface area contributed by atoms with Crippen LogP contribution in [0, 0.1) is 5.82 Å². The van der Waals surface area contributed by atoms with Gasteiger partial charge in [0.1, 0.15) is 11.4 Å². The molecule has 33 heavy (non-hydrogen) atoms. The number of carbonyl (C=O) groups is 2. The minimum Gasteiger partial charge on any atom is -0.468 e. The van der Waals surface area contributed by atoms with E-state index in [0.29, 0.717) is 19.6 Å². The molecule has 1 aliphatic heterocycles. The van der Waals surface area contributed by atoms with Crippen LogP contribution in [0.15, 0.2) is 24.3 Å². The predicted molar refractivity (Wildman–Crippen MR) is 125 cm³/mol. The lowest BCUT2D eigenvalue weighted by molar-refractivity contribution is -0.139. The van der Waals surface area contributed by atoms with Gasteiger partial charge in [-0.05, 0) is 58.5 Å². The van der Waals surface area contributed by atoms with Crippen molar-refractivity contribution in [3.8, 4) is 0 Å². The van der Waals surface area contributed by atoms with E-state index in [-0.39, 0.29) is 24.4 Å². The first-order chi connectivity index (χ1) is 15.6. The number of nitrogens with zero attached hydrogens (tertiary/aromatic N) is 3. The Labute approximate surface area is 197 Å². The van der Waals surface area contributed by atoms with E-state index in [2.05, 4.69) is 26.9 Å². The second-order valence-corrected chi connectivity index (χ2v) is 9.52. The van der Waals surface area contributed by atoms with Gasteiger partial charge in [-0.15, -0.1) is 0 Å². The number of carbonyl (C=O) groups excluding carboxylic acids is 2. The van der Waals surface area contributed by atoms with Gasteiger partial charge in [-0.2, -0.15) is 0 Å². The van der Waals surface area contributed by atoms with Crippen LogP contribution in [0.4, 0.5) is 9.18 Å². The Bertz CT molecular complexity index is 746. The first kappa shape index (κ1) is 27.0. The first-order valence-corrected chi connectivity index (χ1v) is 11.5. The third-order valence-corrected chi connectivity index (χ3v) is 5.58. The standard InChI is InChI=1S/C24H39FN4O4/c1-24(2,3)33-23(31)29(17-19-6-8-20(25)9-7-19)18-21(10-11-26-16-22(30)32-5)28-14-12-27(4)13-15-28/h6-9,21,26H,10-18H2,1-5H3. The molecule has 1 unspecified atom stereocenters. The number of hydrogen-bond donors (Lipinski definition) is 1. The SMILES string of the molecule is COC(=O)CNCCC(CN(Cc1ccc(F)cc1)C(=O)OC(C)(C)C)N1CCN(C)CC1. The van der Waals surface area contributed by atoms with Crippen molar-refractivity contribution >= 4 is 12.1 Å². The Hall–Kier alpha value is -2.23. The summed E-state index contributed by atoms with van der Waals surface area (Å²) >= 11 is 0. The molecule has 0 bridgehead atoms. The molecular weight excluding hydrogens is 427 g/mol. The van der Waals surface area contributed by atoms with E-state index in [0.717, 1.165) is 38.2 Å². The van der Waals surface area contributed by atoms with Gasteiger partial charge in [-0.3, -0.25) is 9.69 Å². The highest BCUT2D eigenvalue weighted by Crippen LogP contribution is 2.17. The lowest BCUT2D eigenvalue weighted by atomic mass is 10.1. The number of esters is 1. The van der Waals surface area contributed by atoms with Gasteiger partial charge in [0.15, 0.2) is 0 Å². The average molecular weight is 467 g/mol. The molecule has 0 spiro atoms. The van der Waals surface area contributed by atoms with Crippen LogP contribution < -0.4 is 5.32 Å². The van der Waals surface area contributed by atoms with Gasteiger partial charge >= 0.3 is 12.1 Å². The smallest absolute Gasteiger partial charge is 0.410 e. The van der Waals surface area contributed by atoms with Crippen LogP contribution in [0.5, 0.6) is 0 Å². The number of benzene rings is 1. The molecule has 2 rings (SSSR count). The molecule has 8 nitrogen and oxygen atoms in total. The normalized spacial score (nSPS) is 16.3. The van der Waals surface area contributed by atoms with Crippen molar-refractivity contribution in [3.63, 3.8) is 0 Å². The van der Waals surface area contributed by atoms with Crippen LogP contribution in [0.25, 0.3) is 0 Å². The maximum atomic E-state index is 13.4. The Morgan fingerprint density at radius 3 is 2.36 bits per heavy atom. The first-order valence-electron chi connectivity index (χ1n) is 11.5. The summed E-state index contributed by atoms with van der Waals surface area (Å²) in [6.07, 6.45) is 0.358. The molecule has 0 aromatic heterocycles. The zero-order valence-electron chi connectivity index (χ0n) is 20.6. The van der Waals surface area contributed by atoms with Gasteiger partial charge in [0.25, 0.3) is 0 Å². The highest BCUT2D eigenvalue weighted by molar-refractivity contribution is 5.71. The number of ether oxygens (including phenoxy) is 2. The molecule has 1 saturated heterocycles. The van der Waals surface area contributed by atoms with Crippen LogP contribution in [0.3, 0.4) is 0 Å². The number of likely N-dealkylation sites (N-methyl/N-ethyl adjacent to an activating group) is 1. The number of hydrogen-bond acceptors (Lipinski definition) is 7. The molecule has 1 amide bonds. The number of methoxy groups -OCH3 is 1. The number of piperazine rings is 1. The Kier molecular flexibility index (Phi) is 10.5. The summed E-state index contributed by atoms with van der Waals surface area (Å²) in [6, 6.07) is 6.26. The minimum atomic E-state index is -0.621. The van der Waals surface area contributed by atoms with E-state index in [4.69, 9.17) is 4.74 Å². The lowest BCUT2D eigenvalue weighted by Gasteiger charge is -2.40. The van der Waals surface area contributed by atoms with E-state index in [1.54, 1.807) is 17.0 Å². The fraction of sp³-hybridized carbons (Fsp3) is 0.667. The van der Waals surface area contributed by atoms with Gasteiger partial charge in [0, 0.05) is 45.3 Å². The zero-order valence-corrected chi connectivity index (χ0v) is 20.6. The summed E-state index contributed by atoms with van der Waals surface area (Å²) in [5.41, 5.74) is 0.215. The molecule has 186 valence electrons. The van der Waals surface area contributed by atoms with Crippen molar-refractivity contribution in [1.29, 1.82) is 0 Å². The summed E-state index contributed by atoms with van der Waals surface area (Å²) in [6.45, 7) is 10.8. The van der Waals surface area contributed by atoms with Gasteiger partial charge in [0.2, 0.25) is 0 Å². The van der Waals surface area contributed by atoms with Crippen molar-refractivity contribution in [2.75, 3.05) is 60.0 Å². The molecule has 0 aliphatic carbocycles. The number of halogens is 1. The molecule has 0 radical (unpaired) electrons. The summed E-state index contributed by atoms with van der Waals surface area (Å²) < 4.78 is 23.8. The summed E-state index contributed by atoms with van der Waals surface area (Å²) in [5, 5.41) is 3.12. The van der Waals surface area contributed by atoms with Crippen molar-refractivity contribution in [2.45, 2.75) is 45.4 Å². The molecule has 1 aliphatic rings. The highest BCUT2D eigenvalue weighted by Gasteiger charge is 2.29. The second-order valence-electron chi connectivity index (χ2n) is 9.52. The van der Waals surface area contributed by atoms with E-state index >= 15 is 0 Å². The van der Waals surface area contributed by atoms with Gasteiger partial charge in [-0.1, -0.05) is 12.1 Å². The second kappa shape index (κ2) is 12.9. The molecule has 1 fully saturated rings. The third kappa shape index (κ3) is 10.1. The molecule has 9 heteroatoms. The van der Waals surface area contributed by atoms with Gasteiger partial charge in [-0.25, -0.2) is 9.18 Å². The van der Waals surface area contributed by atoms with Crippen molar-refractivity contribution in [3.05, 3.63) is 35.6 Å². The average Bonchev–Trinajstić information content (AvgIpc) is 2.75. The molecule has 1 aromatic rings. The zero-order chi connectivity index (χ0) is 24.4. The summed E-state index contributed by atoms with van der Waals surface area (Å²) in [5.74, 6) is -0.618. The lowest BCUT2D eigenvalue weighted by Crippen LogP contribution is -2.54. The minimum absolute atomic E-state index is 0.0804. The summed E-state index contributed by atoms with van der Waals surface area (Å²) in [4.78, 5) is 30.9. The monoisotopic (exact) mass is 466 g/mol. The van der Waals surface area contributed by atoms with E-state index < -0.39 is 11.7 Å². The fourth-order valence-electron chi connectivity index (χ4n) is 3.70. The van der Waals surface area contributed by atoms with Gasteiger partial charge < -0.3 is 24.6 Å². The van der Waals surface area contributed by atoms with Crippen molar-refractivity contribution in [1.82, 2.24) is 20.0 Å². The van der Waals surface area contributed by atoms with Crippen LogP contribution in [0.2, 0.25) is 0 Å². The third-order valence-electron chi connectivity index (χ3n) is 5.58. The Morgan fingerprint density at radius 1 is 1.15 bits per heavy atom. The summed E-state index contributed by atoms with van der Waals surface area (Å²) in [7, 11) is 3.47. The van der Waals surface area contributed by atoms with Crippen LogP contribution in [-0.2, 0) is 20.8 Å². The fourth-order valence-corrected chi connectivity index (χ4v) is 3.70. The molecule has 0 saturated carbocycles. The molecular formula is C24H39FN4O4.